The van der Waals surface area contributed by atoms with Gasteiger partial charge in [-0.2, -0.15) is 0 Å². The monoisotopic (exact) mass is 379 g/mol. The zero-order valence-corrected chi connectivity index (χ0v) is 18.3. The fourth-order valence-electron chi connectivity index (χ4n) is 1.94. The summed E-state index contributed by atoms with van der Waals surface area (Å²) >= 11 is 0. The first-order chi connectivity index (χ1) is 11.7. The van der Waals surface area contributed by atoms with Crippen molar-refractivity contribution in [2.75, 3.05) is 6.61 Å². The second-order valence-electron chi connectivity index (χ2n) is 9.00. The van der Waals surface area contributed by atoms with Crippen molar-refractivity contribution in [3.8, 4) is 0 Å². The number of amides is 1. The lowest BCUT2D eigenvalue weighted by Gasteiger charge is -2.37. The molecule has 1 rings (SSSR count). The Hall–Kier alpha value is -1.66. The Morgan fingerprint density at radius 3 is 2.04 bits per heavy atom. The first-order valence-electron chi connectivity index (χ1n) is 8.96. The van der Waals surface area contributed by atoms with Gasteiger partial charge in [0.1, 0.15) is 11.6 Å². The fourth-order valence-corrected chi connectivity index (χ4v) is 2.96. The molecular formula is C20H33NO4Si. The summed E-state index contributed by atoms with van der Waals surface area (Å²) in [7, 11) is -2.06. The van der Waals surface area contributed by atoms with Gasteiger partial charge in [-0.25, -0.2) is 4.79 Å². The Balaban J connectivity index is 2.95. The Kier molecular flexibility index (Phi) is 7.19. The van der Waals surface area contributed by atoms with Crippen molar-refractivity contribution in [2.24, 2.45) is 0 Å². The molecule has 1 N–H and O–H groups in total. The smallest absolute Gasteiger partial charge is 0.408 e. The first-order valence-corrected chi connectivity index (χ1v) is 11.9. The van der Waals surface area contributed by atoms with Crippen LogP contribution in [0.2, 0.25) is 18.1 Å². The summed E-state index contributed by atoms with van der Waals surface area (Å²) in [5.41, 5.74) is -0.0996. The second kappa shape index (κ2) is 8.35. The standard InChI is InChI=1S/C20H33NO4Si/c1-19(2,3)25-18(23)21-16(14-24-26(7,8)20(4,5)6)17(22)15-12-10-9-11-13-15/h9-13,16H,14H2,1-8H3,(H,21,23). The molecule has 0 bridgehead atoms. The zero-order valence-electron chi connectivity index (χ0n) is 17.3. The number of hydrogen-bond donors (Lipinski definition) is 1. The minimum absolute atomic E-state index is 0.0132. The third-order valence-electron chi connectivity index (χ3n) is 4.48. The summed E-state index contributed by atoms with van der Waals surface area (Å²) in [5, 5.41) is 2.70. The number of hydrogen-bond acceptors (Lipinski definition) is 4. The first kappa shape index (κ1) is 22.4. The van der Waals surface area contributed by atoms with E-state index in [-0.39, 0.29) is 17.4 Å². The van der Waals surface area contributed by atoms with E-state index in [1.165, 1.54) is 0 Å². The normalized spacial score (nSPS) is 13.8. The molecule has 0 radical (unpaired) electrons. The highest BCUT2D eigenvalue weighted by atomic mass is 28.4. The van der Waals surface area contributed by atoms with E-state index in [0.29, 0.717) is 5.56 Å². The number of nitrogens with one attached hydrogen (secondary N) is 1. The molecule has 1 aromatic carbocycles. The highest BCUT2D eigenvalue weighted by Gasteiger charge is 2.38. The topological polar surface area (TPSA) is 64.6 Å². The van der Waals surface area contributed by atoms with Gasteiger partial charge in [0.05, 0.1) is 6.61 Å². The summed E-state index contributed by atoms with van der Waals surface area (Å²) in [6.07, 6.45) is -0.620. The maximum Gasteiger partial charge on any atom is 0.408 e. The summed E-state index contributed by atoms with van der Waals surface area (Å²) in [5.74, 6) is -0.185. The van der Waals surface area contributed by atoms with Crippen LogP contribution in [-0.2, 0) is 9.16 Å². The predicted molar refractivity (Wildman–Crippen MR) is 107 cm³/mol. The number of rotatable bonds is 6. The molecule has 146 valence electrons. The predicted octanol–water partition coefficient (Wildman–Crippen LogP) is 4.78. The maximum atomic E-state index is 12.9. The number of ether oxygens (including phenoxy) is 1. The van der Waals surface area contributed by atoms with Crippen molar-refractivity contribution in [3.05, 3.63) is 35.9 Å². The largest absolute Gasteiger partial charge is 0.444 e. The molecule has 0 saturated carbocycles. The molecule has 26 heavy (non-hydrogen) atoms. The molecule has 1 amide bonds. The van der Waals surface area contributed by atoms with Crippen LogP contribution >= 0.6 is 0 Å². The molecule has 1 unspecified atom stereocenters. The Morgan fingerprint density at radius 2 is 1.58 bits per heavy atom. The van der Waals surface area contributed by atoms with Gasteiger partial charge in [0.2, 0.25) is 0 Å². The number of Topliss-reactive ketones (excluding diaryl/α,β-unsaturated/α-hetero) is 1. The van der Waals surface area contributed by atoms with Crippen molar-refractivity contribution in [3.63, 3.8) is 0 Å². The van der Waals surface area contributed by atoms with Crippen LogP contribution in [0.5, 0.6) is 0 Å². The van der Waals surface area contributed by atoms with Crippen molar-refractivity contribution in [1.82, 2.24) is 5.32 Å². The zero-order chi connectivity index (χ0) is 20.2. The van der Waals surface area contributed by atoms with Gasteiger partial charge in [-0.1, -0.05) is 51.1 Å². The van der Waals surface area contributed by atoms with Crippen LogP contribution in [-0.4, -0.2) is 38.4 Å². The van der Waals surface area contributed by atoms with E-state index in [9.17, 15) is 9.59 Å². The lowest BCUT2D eigenvalue weighted by atomic mass is 10.1. The van der Waals surface area contributed by atoms with Crippen LogP contribution < -0.4 is 5.32 Å². The molecule has 0 aliphatic carbocycles. The van der Waals surface area contributed by atoms with E-state index in [2.05, 4.69) is 39.2 Å². The maximum absolute atomic E-state index is 12.9. The average Bonchev–Trinajstić information content (AvgIpc) is 2.48. The third-order valence-corrected chi connectivity index (χ3v) is 8.98. The van der Waals surface area contributed by atoms with Crippen molar-refractivity contribution in [2.45, 2.75) is 71.3 Å². The van der Waals surface area contributed by atoms with Gasteiger partial charge in [0, 0.05) is 5.56 Å². The van der Waals surface area contributed by atoms with E-state index in [4.69, 9.17) is 9.16 Å². The lowest BCUT2D eigenvalue weighted by molar-refractivity contribution is 0.0470. The van der Waals surface area contributed by atoms with E-state index < -0.39 is 26.1 Å². The van der Waals surface area contributed by atoms with E-state index in [1.807, 2.05) is 6.07 Å². The van der Waals surface area contributed by atoms with Crippen LogP contribution in [0, 0.1) is 0 Å². The Bertz CT molecular complexity index is 615. The molecule has 1 aromatic rings. The highest BCUT2D eigenvalue weighted by Crippen LogP contribution is 2.36. The molecule has 0 spiro atoms. The van der Waals surface area contributed by atoms with Gasteiger partial charge in [-0.3, -0.25) is 4.79 Å². The van der Waals surface area contributed by atoms with Gasteiger partial charge in [-0.15, -0.1) is 0 Å². The van der Waals surface area contributed by atoms with Gasteiger partial charge >= 0.3 is 6.09 Å². The molecule has 0 aliphatic heterocycles. The van der Waals surface area contributed by atoms with Gasteiger partial charge in [0.15, 0.2) is 14.1 Å². The third kappa shape index (κ3) is 6.92. The number of ketones is 1. The lowest BCUT2D eigenvalue weighted by Crippen LogP contribution is -2.50. The van der Waals surface area contributed by atoms with Gasteiger partial charge in [0.25, 0.3) is 0 Å². The van der Waals surface area contributed by atoms with Crippen LogP contribution in [0.4, 0.5) is 4.79 Å². The summed E-state index contributed by atoms with van der Waals surface area (Å²) in [6, 6.07) is 8.12. The van der Waals surface area contributed by atoms with E-state index in [0.717, 1.165) is 0 Å². The van der Waals surface area contributed by atoms with E-state index in [1.54, 1.807) is 45.0 Å². The molecule has 0 aliphatic rings. The fraction of sp³-hybridized carbons (Fsp3) is 0.600. The van der Waals surface area contributed by atoms with Crippen LogP contribution in [0.3, 0.4) is 0 Å². The van der Waals surface area contributed by atoms with Crippen molar-refractivity contribution < 1.29 is 18.8 Å². The molecule has 5 nitrogen and oxygen atoms in total. The minimum atomic E-state index is -2.06. The quantitative estimate of drug-likeness (QED) is 0.570. The van der Waals surface area contributed by atoms with Crippen LogP contribution in [0.1, 0.15) is 51.9 Å². The van der Waals surface area contributed by atoms with Gasteiger partial charge in [-0.05, 0) is 38.9 Å². The summed E-state index contributed by atoms with van der Waals surface area (Å²) < 4.78 is 11.5. The van der Waals surface area contributed by atoms with Crippen LogP contribution in [0.15, 0.2) is 30.3 Å². The van der Waals surface area contributed by atoms with Crippen LogP contribution in [0.25, 0.3) is 0 Å². The SMILES string of the molecule is CC(C)(C)OC(=O)NC(CO[Si](C)(C)C(C)(C)C)C(=O)c1ccccc1. The molecule has 0 aromatic heterocycles. The van der Waals surface area contributed by atoms with Crippen molar-refractivity contribution in [1.29, 1.82) is 0 Å². The molecule has 0 saturated heterocycles. The molecular weight excluding hydrogens is 346 g/mol. The second-order valence-corrected chi connectivity index (χ2v) is 13.8. The number of benzene rings is 1. The molecule has 6 heteroatoms. The number of carbonyl (C=O) groups excluding carboxylic acids is 2. The Labute approximate surface area is 158 Å². The summed E-state index contributed by atoms with van der Waals surface area (Å²) in [4.78, 5) is 25.1. The minimum Gasteiger partial charge on any atom is -0.444 e. The number of alkyl carbamates (subject to hydrolysis) is 1. The van der Waals surface area contributed by atoms with Gasteiger partial charge < -0.3 is 14.5 Å². The number of carbonyl (C=O) groups is 2. The molecule has 0 fully saturated rings. The summed E-state index contributed by atoms with van der Waals surface area (Å²) in [6.45, 7) is 16.1. The molecule has 1 atom stereocenters. The molecule has 0 heterocycles. The van der Waals surface area contributed by atoms with Crippen molar-refractivity contribution >= 4 is 20.2 Å². The average molecular weight is 380 g/mol. The van der Waals surface area contributed by atoms with E-state index >= 15 is 0 Å². The highest BCUT2D eigenvalue weighted by molar-refractivity contribution is 6.74. The Morgan fingerprint density at radius 1 is 1.04 bits per heavy atom.